The molecule has 0 aromatic heterocycles. The van der Waals surface area contributed by atoms with Gasteiger partial charge in [-0.25, -0.2) is 8.42 Å². The van der Waals surface area contributed by atoms with Gasteiger partial charge >= 0.3 is 0 Å². The Morgan fingerprint density at radius 2 is 1.57 bits per heavy atom. The summed E-state index contributed by atoms with van der Waals surface area (Å²) in [4.78, 5) is 12.5. The molecule has 2 rings (SSSR count). The lowest BCUT2D eigenvalue weighted by Gasteiger charge is -2.11. The molecule has 0 saturated heterocycles. The number of Topliss-reactive ketones (excluding diaryl/α,β-unsaturated/α-hetero) is 1. The molecule has 0 heterocycles. The average Bonchev–Trinajstić information content (AvgIpc) is 2.47. The molecule has 1 unspecified atom stereocenters. The molecular weight excluding hydrogens is 423 g/mol. The highest BCUT2D eigenvalue weighted by atomic mass is 127. The van der Waals surface area contributed by atoms with E-state index in [9.17, 15) is 13.2 Å². The van der Waals surface area contributed by atoms with E-state index in [2.05, 4.69) is 0 Å². The Kier molecular flexibility index (Phi) is 5.06. The molecule has 0 radical (unpaired) electrons. The number of hydrogen-bond donors (Lipinski definition) is 0. The molecule has 0 amide bonds. The molecule has 6 heteroatoms. The quantitative estimate of drug-likeness (QED) is 0.414. The largest absolute Gasteiger partial charge is 0.292 e. The van der Waals surface area contributed by atoms with Crippen molar-refractivity contribution in [1.82, 2.24) is 0 Å². The fourth-order valence-corrected chi connectivity index (χ4v) is 4.27. The Bertz CT molecular complexity index is 753. The maximum atomic E-state index is 12.5. The van der Waals surface area contributed by atoms with Crippen LogP contribution in [0.2, 0.25) is 5.02 Å². The summed E-state index contributed by atoms with van der Waals surface area (Å²) < 4.78 is 23.8. The zero-order valence-corrected chi connectivity index (χ0v) is 14.8. The first-order chi connectivity index (χ1) is 9.82. The van der Waals surface area contributed by atoms with Crippen molar-refractivity contribution in [2.45, 2.75) is 15.1 Å². The number of sulfone groups is 1. The highest BCUT2D eigenvalue weighted by molar-refractivity contribution is 14.1. The van der Waals surface area contributed by atoms with Crippen LogP contribution in [-0.2, 0) is 9.84 Å². The first kappa shape index (κ1) is 16.5. The Morgan fingerprint density at radius 1 is 1.05 bits per heavy atom. The molecule has 0 fully saturated rings. The lowest BCUT2D eigenvalue weighted by molar-refractivity contribution is 0.101. The molecule has 0 N–H and O–H groups in total. The van der Waals surface area contributed by atoms with Crippen molar-refractivity contribution in [2.24, 2.45) is 0 Å². The molecule has 0 aliphatic carbocycles. The molecule has 2 aromatic rings. The Balaban J connectivity index is 2.33. The number of benzene rings is 2. The van der Waals surface area contributed by atoms with E-state index in [0.717, 1.165) is 5.56 Å². The summed E-state index contributed by atoms with van der Waals surface area (Å²) in [6, 6.07) is 12.7. The molecule has 1 atom stereocenters. The van der Waals surface area contributed by atoms with Gasteiger partial charge in [0.25, 0.3) is 0 Å². The summed E-state index contributed by atoms with van der Waals surface area (Å²) in [5, 5.41) is 0.498. The molecule has 110 valence electrons. The summed E-state index contributed by atoms with van der Waals surface area (Å²) in [5.41, 5.74) is 1.29. The van der Waals surface area contributed by atoms with Crippen LogP contribution in [-0.4, -0.2) is 17.5 Å². The van der Waals surface area contributed by atoms with E-state index < -0.39 is 18.9 Å². The zero-order valence-electron chi connectivity index (χ0n) is 11.1. The summed E-state index contributed by atoms with van der Waals surface area (Å²) in [7, 11) is -3.71. The van der Waals surface area contributed by atoms with E-state index in [1.54, 1.807) is 46.9 Å². The van der Waals surface area contributed by atoms with Crippen molar-refractivity contribution >= 4 is 49.8 Å². The van der Waals surface area contributed by atoms with Crippen molar-refractivity contribution < 1.29 is 13.2 Å². The van der Waals surface area contributed by atoms with E-state index in [1.807, 2.05) is 6.92 Å². The minimum absolute atomic E-state index is 0.148. The molecule has 0 bridgehead atoms. The number of alkyl halides is 1. The molecule has 0 spiro atoms. The van der Waals surface area contributed by atoms with E-state index in [4.69, 9.17) is 11.6 Å². The fourth-order valence-electron chi connectivity index (χ4n) is 1.73. The van der Waals surface area contributed by atoms with E-state index in [0.29, 0.717) is 10.6 Å². The second-order valence-corrected chi connectivity index (χ2v) is 9.11. The van der Waals surface area contributed by atoms with Gasteiger partial charge in [0.2, 0.25) is 0 Å². The maximum Gasteiger partial charge on any atom is 0.197 e. The number of carbonyl (C=O) groups is 1. The summed E-state index contributed by atoms with van der Waals surface area (Å²) >= 11 is 7.43. The smallest absolute Gasteiger partial charge is 0.197 e. The highest BCUT2D eigenvalue weighted by Crippen LogP contribution is 2.25. The Hall–Kier alpha value is -0.920. The normalized spacial score (nSPS) is 12.9. The van der Waals surface area contributed by atoms with Gasteiger partial charge in [0, 0.05) is 10.6 Å². The molecule has 0 aliphatic rings. The second-order valence-electron chi connectivity index (χ2n) is 4.55. The number of halogens is 2. The predicted molar refractivity (Wildman–Crippen MR) is 92.0 cm³/mol. The molecule has 3 nitrogen and oxygen atoms in total. The van der Waals surface area contributed by atoms with Gasteiger partial charge < -0.3 is 0 Å². The number of carbonyl (C=O) groups excluding carboxylic acids is 1. The van der Waals surface area contributed by atoms with Gasteiger partial charge in [-0.1, -0.05) is 51.9 Å². The first-order valence-electron chi connectivity index (χ1n) is 6.07. The molecule has 21 heavy (non-hydrogen) atoms. The SMILES string of the molecule is Cc1ccc(S(=O)(=O)C(I)C(=O)c2ccc(Cl)cc2)cc1. The van der Waals surface area contributed by atoms with E-state index >= 15 is 0 Å². The van der Waals surface area contributed by atoms with E-state index in [-0.39, 0.29) is 4.90 Å². The van der Waals surface area contributed by atoms with Gasteiger partial charge in [0.1, 0.15) is 0 Å². The first-order valence-corrected chi connectivity index (χ1v) is 9.24. The second kappa shape index (κ2) is 6.46. The fraction of sp³-hybridized carbons (Fsp3) is 0.133. The van der Waals surface area contributed by atoms with Crippen LogP contribution in [0.3, 0.4) is 0 Å². The molecule has 0 aliphatic heterocycles. The van der Waals surface area contributed by atoms with Gasteiger partial charge in [-0.3, -0.25) is 4.79 Å². The third-order valence-electron chi connectivity index (χ3n) is 2.96. The minimum Gasteiger partial charge on any atom is -0.292 e. The van der Waals surface area contributed by atoms with Crippen molar-refractivity contribution in [3.8, 4) is 0 Å². The number of aryl methyl sites for hydroxylation is 1. The lowest BCUT2D eigenvalue weighted by Crippen LogP contribution is -2.24. The molecular formula is C15H12ClIO3S. The predicted octanol–water partition coefficient (Wildman–Crippen LogP) is 4.07. The molecule has 2 aromatic carbocycles. The van der Waals surface area contributed by atoms with Crippen molar-refractivity contribution in [1.29, 1.82) is 0 Å². The van der Waals surface area contributed by atoms with Gasteiger partial charge in [0.05, 0.1) is 4.90 Å². The van der Waals surface area contributed by atoms with Crippen LogP contribution in [0.1, 0.15) is 15.9 Å². The average molecular weight is 435 g/mol. The van der Waals surface area contributed by atoms with Crippen LogP contribution in [0, 0.1) is 6.92 Å². The van der Waals surface area contributed by atoms with Crippen molar-refractivity contribution in [2.75, 3.05) is 0 Å². The number of ketones is 1. The van der Waals surface area contributed by atoms with Gasteiger partial charge in [-0.15, -0.1) is 0 Å². The van der Waals surface area contributed by atoms with Crippen molar-refractivity contribution in [3.63, 3.8) is 0 Å². The zero-order chi connectivity index (χ0) is 15.6. The van der Waals surface area contributed by atoms with Crippen LogP contribution in [0.5, 0.6) is 0 Å². The summed E-state index contributed by atoms with van der Waals surface area (Å²) in [5.74, 6) is -0.451. The highest BCUT2D eigenvalue weighted by Gasteiger charge is 2.32. The summed E-state index contributed by atoms with van der Waals surface area (Å²) in [6.07, 6.45) is 0. The van der Waals surface area contributed by atoms with Gasteiger partial charge in [-0.2, -0.15) is 0 Å². The monoisotopic (exact) mass is 434 g/mol. The topological polar surface area (TPSA) is 51.2 Å². The van der Waals surface area contributed by atoms with Crippen LogP contribution in [0.25, 0.3) is 0 Å². The van der Waals surface area contributed by atoms with Gasteiger partial charge in [0.15, 0.2) is 18.9 Å². The van der Waals surface area contributed by atoms with Crippen LogP contribution >= 0.6 is 34.2 Å². The van der Waals surface area contributed by atoms with Crippen molar-refractivity contribution in [3.05, 3.63) is 64.7 Å². The number of rotatable bonds is 4. The van der Waals surface area contributed by atoms with Crippen LogP contribution in [0.15, 0.2) is 53.4 Å². The van der Waals surface area contributed by atoms with Crippen LogP contribution in [0.4, 0.5) is 0 Å². The molecule has 0 saturated carbocycles. The summed E-state index contributed by atoms with van der Waals surface area (Å²) in [6.45, 7) is 1.87. The standard InChI is InChI=1S/C15H12ClIO3S/c1-10-2-8-13(9-3-10)21(19,20)15(17)14(18)11-4-6-12(16)7-5-11/h2-9,15H,1H3. The number of hydrogen-bond acceptors (Lipinski definition) is 3. The van der Waals surface area contributed by atoms with E-state index in [1.165, 1.54) is 24.3 Å². The Labute approximate surface area is 142 Å². The van der Waals surface area contributed by atoms with Crippen LogP contribution < -0.4 is 0 Å². The van der Waals surface area contributed by atoms with Gasteiger partial charge in [-0.05, 0) is 43.3 Å². The lowest BCUT2D eigenvalue weighted by atomic mass is 10.1. The maximum absolute atomic E-state index is 12.5. The Morgan fingerprint density at radius 3 is 2.10 bits per heavy atom. The minimum atomic E-state index is -3.71. The third kappa shape index (κ3) is 3.64. The third-order valence-corrected chi connectivity index (χ3v) is 7.47.